The minimum absolute atomic E-state index is 0.207. The van der Waals surface area contributed by atoms with E-state index in [0.717, 1.165) is 18.2 Å². The molecule has 0 fully saturated rings. The monoisotopic (exact) mass is 541 g/mol. The van der Waals surface area contributed by atoms with Crippen LogP contribution in [0.3, 0.4) is 0 Å². The van der Waals surface area contributed by atoms with Crippen LogP contribution in [-0.2, 0) is 12.1 Å². The van der Waals surface area contributed by atoms with Gasteiger partial charge >= 0.3 is 18.0 Å². The van der Waals surface area contributed by atoms with Crippen LogP contribution in [0.1, 0.15) is 34.0 Å². The average Bonchev–Trinajstić information content (AvgIpc) is 2.71. The Bertz CT molecular complexity index is 1140. The molecule has 0 aliphatic rings. The first kappa shape index (κ1) is 26.0. The highest BCUT2D eigenvalue weighted by molar-refractivity contribution is 9.10. The summed E-state index contributed by atoms with van der Waals surface area (Å²) in [7, 11) is 0. The summed E-state index contributed by atoms with van der Waals surface area (Å²) in [6, 6.07) is 4.99. The lowest BCUT2D eigenvalue weighted by molar-refractivity contribution is -0.385. The van der Waals surface area contributed by atoms with E-state index in [9.17, 15) is 45.6 Å². The van der Waals surface area contributed by atoms with Gasteiger partial charge in [-0.1, -0.05) is 6.92 Å². The molecule has 0 atom stereocenters. The molecule has 1 N–H and O–H groups in total. The fraction of sp³-hybridized carbons (Fsp3) is 0.263. The molecule has 0 unspecified atom stereocenters. The van der Waals surface area contributed by atoms with Gasteiger partial charge in [0.25, 0.3) is 11.6 Å². The van der Waals surface area contributed by atoms with Crippen LogP contribution in [-0.4, -0.2) is 23.2 Å². The zero-order valence-electron chi connectivity index (χ0n) is 16.2. The lowest BCUT2D eigenvalue weighted by Crippen LogP contribution is -2.50. The first-order chi connectivity index (χ1) is 15.1. The number of hydrogen-bond acceptors (Lipinski definition) is 4. The summed E-state index contributed by atoms with van der Waals surface area (Å²) >= 11 is 2.76. The highest BCUT2D eigenvalue weighted by Crippen LogP contribution is 2.54. The quantitative estimate of drug-likeness (QED) is 0.271. The van der Waals surface area contributed by atoms with Crippen molar-refractivity contribution in [2.75, 3.05) is 5.32 Å². The summed E-state index contributed by atoms with van der Waals surface area (Å²) < 4.78 is 92.5. The van der Waals surface area contributed by atoms with Gasteiger partial charge in [0.2, 0.25) is 0 Å². The van der Waals surface area contributed by atoms with E-state index in [1.807, 2.05) is 0 Å². The molecule has 0 aromatic heterocycles. The molecule has 2 rings (SSSR count). The Morgan fingerprint density at radius 1 is 1.12 bits per heavy atom. The zero-order chi connectivity index (χ0) is 25.4. The Hall–Kier alpha value is -3.21. The zero-order valence-corrected chi connectivity index (χ0v) is 17.8. The van der Waals surface area contributed by atoms with Gasteiger partial charge in [0, 0.05) is 21.7 Å². The van der Waals surface area contributed by atoms with E-state index >= 15 is 0 Å². The summed E-state index contributed by atoms with van der Waals surface area (Å²) in [5.74, 6) is -1.01. The molecule has 33 heavy (non-hydrogen) atoms. The van der Waals surface area contributed by atoms with Gasteiger partial charge in [-0.3, -0.25) is 14.9 Å². The maximum Gasteiger partial charge on any atom is 0.435 e. The fourth-order valence-corrected chi connectivity index (χ4v) is 3.47. The number of nitrogens with one attached hydrogen (secondary N) is 1. The number of nitrogens with zero attached hydrogens (tertiary/aromatic N) is 2. The van der Waals surface area contributed by atoms with E-state index in [0.29, 0.717) is 6.07 Å². The van der Waals surface area contributed by atoms with Crippen molar-refractivity contribution in [3.63, 3.8) is 0 Å². The van der Waals surface area contributed by atoms with E-state index in [1.54, 1.807) is 6.07 Å². The van der Waals surface area contributed by atoms with Gasteiger partial charge in [-0.2, -0.15) is 31.6 Å². The van der Waals surface area contributed by atoms with Gasteiger partial charge in [-0.15, -0.1) is 0 Å². The predicted octanol–water partition coefficient (Wildman–Crippen LogP) is 6.33. The van der Waals surface area contributed by atoms with Crippen molar-refractivity contribution in [2.45, 2.75) is 31.4 Å². The maximum atomic E-state index is 14.4. The highest BCUT2D eigenvalue weighted by atomic mass is 79.9. The Balaban J connectivity index is 2.57. The SMILES string of the molecule is CCc1cc(C(F)(C(F)(F)F)C(F)(F)F)cc(Br)c1NC(=O)c1ccc(C#N)c([N+](=O)[O-])c1. The normalized spacial score (nSPS) is 12.2. The molecule has 0 saturated carbocycles. The third-order valence-corrected chi connectivity index (χ3v) is 5.17. The number of amides is 1. The molecule has 6 nitrogen and oxygen atoms in total. The molecular formula is C19H11BrF7N3O3. The van der Waals surface area contributed by atoms with Crippen molar-refractivity contribution >= 4 is 33.2 Å². The topological polar surface area (TPSA) is 96.0 Å². The number of hydrogen-bond donors (Lipinski definition) is 1. The minimum Gasteiger partial charge on any atom is -0.321 e. The van der Waals surface area contributed by atoms with E-state index in [1.165, 1.54) is 6.92 Å². The smallest absolute Gasteiger partial charge is 0.321 e. The average molecular weight is 542 g/mol. The summed E-state index contributed by atoms with van der Waals surface area (Å²) in [6.45, 7) is 1.34. The number of nitro groups is 1. The number of carbonyl (C=O) groups excluding carboxylic acids is 1. The van der Waals surface area contributed by atoms with Crippen LogP contribution >= 0.6 is 15.9 Å². The number of nitro benzene ring substituents is 1. The summed E-state index contributed by atoms with van der Waals surface area (Å²) in [5.41, 5.74) is -9.27. The van der Waals surface area contributed by atoms with E-state index < -0.39 is 44.6 Å². The lowest BCUT2D eigenvalue weighted by Gasteiger charge is -2.31. The second-order valence-corrected chi connectivity index (χ2v) is 7.41. The molecule has 1 amide bonds. The lowest BCUT2D eigenvalue weighted by atomic mass is 9.91. The van der Waals surface area contributed by atoms with Crippen LogP contribution in [0.5, 0.6) is 0 Å². The standard InChI is InChI=1S/C19H11BrF7N3O3/c1-2-9-5-12(17(21,18(22,23)24)19(25,26)27)7-13(20)15(9)29-16(31)10-3-4-11(8-28)14(6-10)30(32)33/h3-7H,2H2,1H3,(H,29,31). The third-order valence-electron chi connectivity index (χ3n) is 4.55. The Labute approximate surface area is 189 Å². The second kappa shape index (κ2) is 8.97. The largest absolute Gasteiger partial charge is 0.435 e. The van der Waals surface area contributed by atoms with Crippen LogP contribution in [0.25, 0.3) is 0 Å². The van der Waals surface area contributed by atoms with Crippen LogP contribution in [0, 0.1) is 21.4 Å². The van der Waals surface area contributed by atoms with Gasteiger partial charge < -0.3 is 5.32 Å². The molecule has 0 spiro atoms. The fourth-order valence-electron chi connectivity index (χ4n) is 2.87. The molecule has 0 aliphatic carbocycles. The molecule has 176 valence electrons. The summed E-state index contributed by atoms with van der Waals surface area (Å²) in [4.78, 5) is 22.7. The molecule has 2 aromatic rings. The number of halogens is 8. The van der Waals surface area contributed by atoms with Crippen molar-refractivity contribution in [1.82, 2.24) is 0 Å². The number of alkyl halides is 7. The summed E-state index contributed by atoms with van der Waals surface area (Å²) in [6.07, 6.45) is -12.8. The first-order valence-corrected chi connectivity index (χ1v) is 9.52. The highest BCUT2D eigenvalue weighted by Gasteiger charge is 2.73. The van der Waals surface area contributed by atoms with Crippen molar-refractivity contribution in [3.8, 4) is 6.07 Å². The molecule has 2 aromatic carbocycles. The van der Waals surface area contributed by atoms with Crippen molar-refractivity contribution in [1.29, 1.82) is 5.26 Å². The van der Waals surface area contributed by atoms with Crippen LogP contribution in [0.15, 0.2) is 34.8 Å². The second-order valence-electron chi connectivity index (χ2n) is 6.55. The van der Waals surface area contributed by atoms with Gasteiger partial charge in [0.1, 0.15) is 11.6 Å². The number of rotatable bonds is 5. The van der Waals surface area contributed by atoms with E-state index in [4.69, 9.17) is 5.26 Å². The Morgan fingerprint density at radius 3 is 2.15 bits per heavy atom. The van der Waals surface area contributed by atoms with Gasteiger partial charge in [-0.05, 0) is 52.2 Å². The molecule has 14 heteroatoms. The number of anilines is 1. The van der Waals surface area contributed by atoms with Gasteiger partial charge in [-0.25, -0.2) is 4.39 Å². The summed E-state index contributed by atoms with van der Waals surface area (Å²) in [5, 5.41) is 22.2. The molecule has 0 radical (unpaired) electrons. The molecule has 0 saturated heterocycles. The maximum absolute atomic E-state index is 14.4. The first-order valence-electron chi connectivity index (χ1n) is 8.73. The van der Waals surface area contributed by atoms with Crippen LogP contribution < -0.4 is 5.32 Å². The van der Waals surface area contributed by atoms with E-state index in [-0.39, 0.29) is 34.9 Å². The number of nitriles is 1. The van der Waals surface area contributed by atoms with Crippen molar-refractivity contribution in [2.24, 2.45) is 0 Å². The van der Waals surface area contributed by atoms with E-state index in [2.05, 4.69) is 21.2 Å². The van der Waals surface area contributed by atoms with Gasteiger partial charge in [0.15, 0.2) is 0 Å². The number of aryl methyl sites for hydroxylation is 1. The van der Waals surface area contributed by atoms with Crippen molar-refractivity contribution < 1.29 is 40.5 Å². The molecule has 0 aliphatic heterocycles. The predicted molar refractivity (Wildman–Crippen MR) is 104 cm³/mol. The van der Waals surface area contributed by atoms with Crippen molar-refractivity contribution in [3.05, 3.63) is 67.2 Å². The third kappa shape index (κ3) is 4.77. The molecular weight excluding hydrogens is 531 g/mol. The number of carbonyl (C=O) groups is 1. The molecule has 0 bridgehead atoms. The minimum atomic E-state index is -6.32. The Morgan fingerprint density at radius 2 is 1.70 bits per heavy atom. The number of benzene rings is 2. The van der Waals surface area contributed by atoms with Crippen LogP contribution in [0.4, 0.5) is 42.1 Å². The molecule has 0 heterocycles. The van der Waals surface area contributed by atoms with Crippen LogP contribution in [0.2, 0.25) is 0 Å². The van der Waals surface area contributed by atoms with Gasteiger partial charge in [0.05, 0.1) is 10.6 Å². The Kier molecular flexibility index (Phi) is 7.08.